The van der Waals surface area contributed by atoms with E-state index in [0.29, 0.717) is 23.8 Å². The van der Waals surface area contributed by atoms with E-state index < -0.39 is 0 Å². The van der Waals surface area contributed by atoms with Crippen molar-refractivity contribution in [3.63, 3.8) is 0 Å². The summed E-state index contributed by atoms with van der Waals surface area (Å²) in [6.45, 7) is 2.62. The van der Waals surface area contributed by atoms with Crippen molar-refractivity contribution in [1.82, 2.24) is 14.9 Å². The Balaban J connectivity index is 1.66. The number of ether oxygens (including phenoxy) is 2. The van der Waals surface area contributed by atoms with Gasteiger partial charge < -0.3 is 19.3 Å². The molecule has 3 heterocycles. The summed E-state index contributed by atoms with van der Waals surface area (Å²) in [5, 5.41) is 0.945. The number of methoxy groups -OCH3 is 2. The molecule has 2 aromatic rings. The van der Waals surface area contributed by atoms with E-state index in [2.05, 4.69) is 19.8 Å². The largest absolute Gasteiger partial charge is 0.493 e. The number of aromatic nitrogens is 2. The minimum atomic E-state index is 0.261. The van der Waals surface area contributed by atoms with Crippen molar-refractivity contribution >= 4 is 22.6 Å². The highest BCUT2D eigenvalue weighted by Gasteiger charge is 2.31. The van der Waals surface area contributed by atoms with E-state index in [9.17, 15) is 4.79 Å². The van der Waals surface area contributed by atoms with Crippen LogP contribution in [0.4, 0.5) is 5.82 Å². The average molecular weight is 370 g/mol. The van der Waals surface area contributed by atoms with Crippen LogP contribution < -0.4 is 14.4 Å². The van der Waals surface area contributed by atoms with Crippen LogP contribution >= 0.6 is 0 Å². The molecule has 144 valence electrons. The number of hydrogen-bond donors (Lipinski definition) is 0. The molecule has 4 rings (SSSR count). The van der Waals surface area contributed by atoms with E-state index in [1.54, 1.807) is 20.5 Å². The number of hydrogen-bond acceptors (Lipinski definition) is 6. The molecule has 1 atom stereocenters. The van der Waals surface area contributed by atoms with Gasteiger partial charge in [-0.3, -0.25) is 4.79 Å². The molecule has 0 radical (unpaired) electrons. The number of anilines is 1. The molecule has 2 aliphatic rings. The van der Waals surface area contributed by atoms with Crippen LogP contribution in [0.15, 0.2) is 18.5 Å². The molecule has 27 heavy (non-hydrogen) atoms. The molecule has 2 saturated heterocycles. The standard InChI is InChI=1S/C20H26N4O3/c1-26-17-10-15-16(11-18(17)27-2)21-13-22-20(15)23-8-5-6-14(12-23)24-9-4-3-7-19(24)25/h10-11,13-14H,3-9,12H2,1-2H3. The van der Waals surface area contributed by atoms with Crippen molar-refractivity contribution in [1.29, 1.82) is 0 Å². The Kier molecular flexibility index (Phi) is 5.01. The highest BCUT2D eigenvalue weighted by Crippen LogP contribution is 2.35. The Morgan fingerprint density at radius 1 is 1.04 bits per heavy atom. The van der Waals surface area contributed by atoms with E-state index in [4.69, 9.17) is 9.47 Å². The van der Waals surface area contributed by atoms with Gasteiger partial charge in [-0.15, -0.1) is 0 Å². The molecule has 0 aliphatic carbocycles. The zero-order valence-electron chi connectivity index (χ0n) is 16.0. The number of rotatable bonds is 4. The van der Waals surface area contributed by atoms with E-state index in [1.807, 2.05) is 12.1 Å². The first-order valence-corrected chi connectivity index (χ1v) is 9.62. The Labute approximate surface area is 159 Å². The van der Waals surface area contributed by atoms with Crippen LogP contribution in [0.25, 0.3) is 10.9 Å². The van der Waals surface area contributed by atoms with Gasteiger partial charge in [0.05, 0.1) is 19.7 Å². The summed E-state index contributed by atoms with van der Waals surface area (Å²) in [4.78, 5) is 25.7. The average Bonchev–Trinajstić information content (AvgIpc) is 2.72. The Morgan fingerprint density at radius 3 is 2.63 bits per heavy atom. The maximum atomic E-state index is 12.4. The third-order valence-electron chi connectivity index (χ3n) is 5.62. The fraction of sp³-hybridized carbons (Fsp3) is 0.550. The Hall–Kier alpha value is -2.57. The first-order valence-electron chi connectivity index (χ1n) is 9.62. The van der Waals surface area contributed by atoms with E-state index in [-0.39, 0.29) is 6.04 Å². The van der Waals surface area contributed by atoms with Gasteiger partial charge in [0.2, 0.25) is 5.91 Å². The highest BCUT2D eigenvalue weighted by molar-refractivity contribution is 5.92. The van der Waals surface area contributed by atoms with E-state index in [1.165, 1.54) is 0 Å². The first kappa shape index (κ1) is 17.8. The second-order valence-corrected chi connectivity index (χ2v) is 7.21. The molecule has 2 fully saturated rings. The monoisotopic (exact) mass is 370 g/mol. The van der Waals surface area contributed by atoms with Gasteiger partial charge in [-0.05, 0) is 31.7 Å². The molecule has 0 bridgehead atoms. The van der Waals surface area contributed by atoms with Crippen molar-refractivity contribution in [2.45, 2.75) is 38.1 Å². The molecule has 1 unspecified atom stereocenters. The number of piperidine rings is 2. The third kappa shape index (κ3) is 3.38. The SMILES string of the molecule is COc1cc2ncnc(N3CCCC(N4CCCCC4=O)C3)c2cc1OC. The predicted molar refractivity (Wildman–Crippen MR) is 103 cm³/mol. The molecule has 0 saturated carbocycles. The normalized spacial score (nSPS) is 20.8. The van der Waals surface area contributed by atoms with E-state index >= 15 is 0 Å². The maximum absolute atomic E-state index is 12.4. The molecule has 0 N–H and O–H groups in total. The van der Waals surface area contributed by atoms with Crippen molar-refractivity contribution in [3.05, 3.63) is 18.5 Å². The van der Waals surface area contributed by atoms with Gasteiger partial charge >= 0.3 is 0 Å². The number of fused-ring (bicyclic) bond motifs is 1. The van der Waals surface area contributed by atoms with Crippen LogP contribution in [0.2, 0.25) is 0 Å². The Bertz CT molecular complexity index is 841. The van der Waals surface area contributed by atoms with Crippen LogP contribution in [0, 0.1) is 0 Å². The van der Waals surface area contributed by atoms with Crippen LogP contribution in [0.3, 0.4) is 0 Å². The maximum Gasteiger partial charge on any atom is 0.222 e. The van der Waals surface area contributed by atoms with Gasteiger partial charge in [-0.2, -0.15) is 0 Å². The molecular formula is C20H26N4O3. The van der Waals surface area contributed by atoms with Crippen LogP contribution in [0.1, 0.15) is 32.1 Å². The molecule has 1 amide bonds. The van der Waals surface area contributed by atoms with Crippen molar-refractivity contribution in [2.75, 3.05) is 38.8 Å². The number of amides is 1. The van der Waals surface area contributed by atoms with Gasteiger partial charge in [0.25, 0.3) is 0 Å². The van der Waals surface area contributed by atoms with Gasteiger partial charge in [-0.25, -0.2) is 9.97 Å². The molecule has 7 heteroatoms. The molecular weight excluding hydrogens is 344 g/mol. The predicted octanol–water partition coefficient (Wildman–Crippen LogP) is 2.63. The summed E-state index contributed by atoms with van der Waals surface area (Å²) < 4.78 is 10.9. The van der Waals surface area contributed by atoms with Gasteiger partial charge in [0, 0.05) is 43.5 Å². The van der Waals surface area contributed by atoms with Crippen molar-refractivity contribution in [2.24, 2.45) is 0 Å². The lowest BCUT2D eigenvalue weighted by Gasteiger charge is -2.41. The van der Waals surface area contributed by atoms with Crippen LogP contribution in [-0.4, -0.2) is 60.7 Å². The summed E-state index contributed by atoms with van der Waals surface area (Å²) >= 11 is 0. The second-order valence-electron chi connectivity index (χ2n) is 7.21. The summed E-state index contributed by atoms with van der Waals surface area (Å²) in [6, 6.07) is 4.09. The zero-order chi connectivity index (χ0) is 18.8. The number of carbonyl (C=O) groups is 1. The van der Waals surface area contributed by atoms with Gasteiger partial charge in [-0.1, -0.05) is 0 Å². The summed E-state index contributed by atoms with van der Waals surface area (Å²) in [6.07, 6.45) is 6.51. The number of nitrogens with zero attached hydrogens (tertiary/aromatic N) is 4. The third-order valence-corrected chi connectivity index (χ3v) is 5.62. The lowest BCUT2D eigenvalue weighted by Crippen LogP contribution is -2.52. The van der Waals surface area contributed by atoms with Crippen molar-refractivity contribution < 1.29 is 14.3 Å². The van der Waals surface area contributed by atoms with Gasteiger partial charge in [0.15, 0.2) is 11.5 Å². The Morgan fingerprint density at radius 2 is 1.85 bits per heavy atom. The first-order chi connectivity index (χ1) is 13.2. The molecule has 1 aromatic heterocycles. The van der Waals surface area contributed by atoms with Crippen molar-refractivity contribution in [3.8, 4) is 11.5 Å². The number of benzene rings is 1. The smallest absolute Gasteiger partial charge is 0.222 e. The molecule has 1 aromatic carbocycles. The lowest BCUT2D eigenvalue weighted by atomic mass is 10.00. The number of carbonyl (C=O) groups excluding carboxylic acids is 1. The molecule has 7 nitrogen and oxygen atoms in total. The molecule has 0 spiro atoms. The lowest BCUT2D eigenvalue weighted by molar-refractivity contribution is -0.135. The summed E-state index contributed by atoms with van der Waals surface area (Å²) in [5.41, 5.74) is 0.828. The summed E-state index contributed by atoms with van der Waals surface area (Å²) in [5.74, 6) is 2.52. The quantitative estimate of drug-likeness (QED) is 0.824. The minimum Gasteiger partial charge on any atom is -0.493 e. The second kappa shape index (κ2) is 7.58. The topological polar surface area (TPSA) is 67.8 Å². The van der Waals surface area contributed by atoms with Crippen LogP contribution in [0.5, 0.6) is 11.5 Å². The van der Waals surface area contributed by atoms with Gasteiger partial charge in [0.1, 0.15) is 12.1 Å². The molecule has 2 aliphatic heterocycles. The zero-order valence-corrected chi connectivity index (χ0v) is 16.0. The highest BCUT2D eigenvalue weighted by atomic mass is 16.5. The summed E-state index contributed by atoms with van der Waals surface area (Å²) in [7, 11) is 3.25. The number of likely N-dealkylation sites (tertiary alicyclic amines) is 1. The fourth-order valence-corrected chi connectivity index (χ4v) is 4.24. The fourth-order valence-electron chi connectivity index (χ4n) is 4.24. The minimum absolute atomic E-state index is 0.261. The van der Waals surface area contributed by atoms with E-state index in [0.717, 1.165) is 62.0 Å². The van der Waals surface area contributed by atoms with Crippen LogP contribution in [-0.2, 0) is 4.79 Å².